The number of nitrogens with one attached hydrogen (secondary N) is 1. The number of carbonyl (C=O) groups excluding carboxylic acids is 1. The number of hydrogen-bond donors (Lipinski definition) is 1. The fourth-order valence-corrected chi connectivity index (χ4v) is 2.60. The van der Waals surface area contributed by atoms with E-state index < -0.39 is 29.3 Å². The van der Waals surface area contributed by atoms with Gasteiger partial charge in [0.15, 0.2) is 11.4 Å². The maximum Gasteiger partial charge on any atom is 0.416 e. The molecular weight excluding hydrogens is 397 g/mol. The van der Waals surface area contributed by atoms with Crippen molar-refractivity contribution in [3.63, 3.8) is 0 Å². The van der Waals surface area contributed by atoms with E-state index in [4.69, 9.17) is 4.74 Å². The van der Waals surface area contributed by atoms with Crippen LogP contribution in [-0.2, 0) is 12.7 Å². The molecule has 0 saturated carbocycles. The summed E-state index contributed by atoms with van der Waals surface area (Å²) in [5, 5.41) is 6.42. The van der Waals surface area contributed by atoms with Gasteiger partial charge in [-0.1, -0.05) is 6.07 Å². The number of alkyl halides is 3. The van der Waals surface area contributed by atoms with Crippen LogP contribution in [0.3, 0.4) is 0 Å². The van der Waals surface area contributed by atoms with E-state index in [-0.39, 0.29) is 29.2 Å². The van der Waals surface area contributed by atoms with E-state index in [2.05, 4.69) is 10.4 Å². The highest BCUT2D eigenvalue weighted by molar-refractivity contribution is 5.94. The average Bonchev–Trinajstić information content (AvgIpc) is 3.09. The van der Waals surface area contributed by atoms with Crippen LogP contribution in [0, 0.1) is 11.6 Å². The average molecular weight is 411 g/mol. The highest BCUT2D eigenvalue weighted by Crippen LogP contribution is 2.30. The molecule has 1 N–H and O–H groups in total. The second-order valence-electron chi connectivity index (χ2n) is 6.00. The van der Waals surface area contributed by atoms with Crippen LogP contribution in [0.1, 0.15) is 21.6 Å². The van der Waals surface area contributed by atoms with E-state index in [1.807, 2.05) is 0 Å². The number of rotatable bonds is 5. The van der Waals surface area contributed by atoms with Crippen molar-refractivity contribution >= 4 is 5.91 Å². The summed E-state index contributed by atoms with van der Waals surface area (Å²) in [6, 6.07) is 7.21. The topological polar surface area (TPSA) is 56.2 Å². The van der Waals surface area contributed by atoms with Gasteiger partial charge in [-0.3, -0.25) is 4.79 Å². The number of nitrogens with zero attached hydrogens (tertiary/aromatic N) is 2. The normalized spacial score (nSPS) is 11.4. The van der Waals surface area contributed by atoms with E-state index in [1.165, 1.54) is 25.4 Å². The lowest BCUT2D eigenvalue weighted by molar-refractivity contribution is -0.137. The zero-order valence-electron chi connectivity index (χ0n) is 14.9. The Morgan fingerprint density at radius 3 is 2.45 bits per heavy atom. The molecule has 2 aromatic carbocycles. The van der Waals surface area contributed by atoms with E-state index in [9.17, 15) is 26.7 Å². The summed E-state index contributed by atoms with van der Waals surface area (Å²) in [6.07, 6.45) is -3.28. The lowest BCUT2D eigenvalue weighted by atomic mass is 10.2. The summed E-state index contributed by atoms with van der Waals surface area (Å²) in [5.74, 6) is -2.29. The Labute approximate surface area is 161 Å². The van der Waals surface area contributed by atoms with Crippen LogP contribution in [0.25, 0.3) is 5.69 Å². The predicted octanol–water partition coefficient (Wildman–Crippen LogP) is 4.11. The lowest BCUT2D eigenvalue weighted by Crippen LogP contribution is -2.24. The number of ether oxygens (including phenoxy) is 1. The zero-order valence-corrected chi connectivity index (χ0v) is 14.9. The highest BCUT2D eigenvalue weighted by Gasteiger charge is 2.30. The van der Waals surface area contributed by atoms with Crippen LogP contribution in [0.15, 0.2) is 48.7 Å². The van der Waals surface area contributed by atoms with Gasteiger partial charge in [0.2, 0.25) is 0 Å². The molecule has 3 rings (SSSR count). The van der Waals surface area contributed by atoms with Crippen LogP contribution in [0.4, 0.5) is 22.0 Å². The molecule has 10 heteroatoms. The summed E-state index contributed by atoms with van der Waals surface area (Å²) >= 11 is 0. The number of hydrogen-bond acceptors (Lipinski definition) is 3. The van der Waals surface area contributed by atoms with E-state index in [0.717, 1.165) is 28.9 Å². The monoisotopic (exact) mass is 411 g/mol. The predicted molar refractivity (Wildman–Crippen MR) is 92.6 cm³/mol. The largest absolute Gasteiger partial charge is 0.493 e. The molecule has 0 bridgehead atoms. The maximum atomic E-state index is 13.2. The number of carbonyl (C=O) groups is 1. The molecule has 0 aliphatic heterocycles. The van der Waals surface area contributed by atoms with Gasteiger partial charge in [0, 0.05) is 12.6 Å². The second kappa shape index (κ2) is 7.90. The number of halogens is 5. The Morgan fingerprint density at radius 1 is 1.14 bits per heavy atom. The number of amides is 1. The molecule has 0 fully saturated rings. The summed E-state index contributed by atoms with van der Waals surface area (Å²) in [5.41, 5.74) is -0.804. The molecule has 0 atom stereocenters. The van der Waals surface area contributed by atoms with Gasteiger partial charge < -0.3 is 10.1 Å². The van der Waals surface area contributed by atoms with Gasteiger partial charge in [-0.25, -0.2) is 13.5 Å². The fourth-order valence-electron chi connectivity index (χ4n) is 2.60. The van der Waals surface area contributed by atoms with Gasteiger partial charge in [-0.15, -0.1) is 0 Å². The number of aromatic nitrogens is 2. The van der Waals surface area contributed by atoms with Gasteiger partial charge in [0.05, 0.1) is 24.6 Å². The molecule has 29 heavy (non-hydrogen) atoms. The molecule has 0 aliphatic carbocycles. The minimum Gasteiger partial charge on any atom is -0.493 e. The van der Waals surface area contributed by atoms with Crippen LogP contribution in [0.2, 0.25) is 0 Å². The SMILES string of the molecule is COc1cn(-c2cccc(C(F)(F)F)c2)nc1C(=O)NCc1cc(F)cc(F)c1. The van der Waals surface area contributed by atoms with Crippen molar-refractivity contribution in [3.8, 4) is 11.4 Å². The van der Waals surface area contributed by atoms with E-state index in [0.29, 0.717) is 6.07 Å². The Balaban J connectivity index is 1.83. The van der Waals surface area contributed by atoms with Crippen molar-refractivity contribution in [2.24, 2.45) is 0 Å². The van der Waals surface area contributed by atoms with Crippen LogP contribution in [0.5, 0.6) is 5.75 Å². The highest BCUT2D eigenvalue weighted by atomic mass is 19.4. The molecule has 1 aromatic heterocycles. The smallest absolute Gasteiger partial charge is 0.416 e. The molecule has 0 aliphatic rings. The molecule has 152 valence electrons. The first-order chi connectivity index (χ1) is 13.7. The third kappa shape index (κ3) is 4.71. The first kappa shape index (κ1) is 20.3. The van der Waals surface area contributed by atoms with Crippen molar-refractivity contribution in [1.82, 2.24) is 15.1 Å². The molecule has 1 amide bonds. The summed E-state index contributed by atoms with van der Waals surface area (Å²) in [4.78, 5) is 12.4. The second-order valence-corrected chi connectivity index (χ2v) is 6.00. The summed E-state index contributed by atoms with van der Waals surface area (Å²) in [7, 11) is 1.27. The van der Waals surface area contributed by atoms with Gasteiger partial charge in [-0.2, -0.15) is 18.3 Å². The van der Waals surface area contributed by atoms with Gasteiger partial charge in [-0.05, 0) is 35.9 Å². The quantitative estimate of drug-likeness (QED) is 0.643. The molecule has 5 nitrogen and oxygen atoms in total. The Kier molecular flexibility index (Phi) is 5.53. The first-order valence-corrected chi connectivity index (χ1v) is 8.22. The van der Waals surface area contributed by atoms with Crippen LogP contribution < -0.4 is 10.1 Å². The maximum absolute atomic E-state index is 13.2. The van der Waals surface area contributed by atoms with Crippen molar-refractivity contribution in [1.29, 1.82) is 0 Å². The molecular formula is C19H14F5N3O2. The minimum absolute atomic E-state index is 0.0188. The van der Waals surface area contributed by atoms with Gasteiger partial charge in [0.1, 0.15) is 11.6 Å². The fraction of sp³-hybridized carbons (Fsp3) is 0.158. The van der Waals surface area contributed by atoms with E-state index in [1.54, 1.807) is 0 Å². The number of benzene rings is 2. The molecule has 0 radical (unpaired) electrons. The van der Waals surface area contributed by atoms with E-state index >= 15 is 0 Å². The standard InChI is InChI=1S/C19H14F5N3O2/c1-29-16-10-27(15-4-2-3-12(7-15)19(22,23)24)26-17(16)18(28)25-9-11-5-13(20)8-14(21)6-11/h2-8,10H,9H2,1H3,(H,25,28). The van der Waals surface area contributed by atoms with Crippen LogP contribution in [-0.4, -0.2) is 22.8 Å². The third-order valence-corrected chi connectivity index (χ3v) is 3.93. The Hall–Kier alpha value is -3.43. The molecule has 0 spiro atoms. The van der Waals surface area contributed by atoms with Gasteiger partial charge in [0.25, 0.3) is 5.91 Å². The van der Waals surface area contributed by atoms with Crippen molar-refractivity contribution < 1.29 is 31.5 Å². The Morgan fingerprint density at radius 2 is 1.83 bits per heavy atom. The first-order valence-electron chi connectivity index (χ1n) is 8.22. The molecule has 0 unspecified atom stereocenters. The van der Waals surface area contributed by atoms with Gasteiger partial charge >= 0.3 is 6.18 Å². The Bertz CT molecular complexity index is 1030. The third-order valence-electron chi connectivity index (χ3n) is 3.93. The summed E-state index contributed by atoms with van der Waals surface area (Å²) < 4.78 is 71.3. The molecule has 0 saturated heterocycles. The lowest BCUT2D eigenvalue weighted by Gasteiger charge is -2.08. The van der Waals surface area contributed by atoms with Crippen molar-refractivity contribution in [3.05, 3.63) is 77.1 Å². The number of methoxy groups -OCH3 is 1. The summed E-state index contributed by atoms with van der Waals surface area (Å²) in [6.45, 7) is -0.187. The van der Waals surface area contributed by atoms with Crippen molar-refractivity contribution in [2.75, 3.05) is 7.11 Å². The molecule has 3 aromatic rings. The van der Waals surface area contributed by atoms with Crippen molar-refractivity contribution in [2.45, 2.75) is 12.7 Å². The zero-order chi connectivity index (χ0) is 21.2. The van der Waals surface area contributed by atoms with Crippen LogP contribution >= 0.6 is 0 Å². The minimum atomic E-state index is -4.53. The molecule has 1 heterocycles.